The number of esters is 1. The summed E-state index contributed by atoms with van der Waals surface area (Å²) in [5.41, 5.74) is 1.19. The summed E-state index contributed by atoms with van der Waals surface area (Å²) in [6.07, 6.45) is 0.950. The van der Waals surface area contributed by atoms with E-state index in [-0.39, 0.29) is 5.91 Å². The Labute approximate surface area is 175 Å². The number of hydrogen-bond acceptors (Lipinski definition) is 4. The second-order valence-electron chi connectivity index (χ2n) is 6.87. The number of amides is 1. The highest BCUT2D eigenvalue weighted by Crippen LogP contribution is 2.18. The van der Waals surface area contributed by atoms with E-state index in [0.717, 1.165) is 15.6 Å². The molecule has 0 saturated heterocycles. The molecule has 0 spiro atoms. The standard InChI is InChI=1S/C22H27BrN2O3/c1-4-22(2,24-15-17-12-8-9-13-18(17)23)21(27)25-19(20(26)28-3)14-16-10-6-5-7-11-16/h5-13,19,24H,4,14-15H2,1-3H3,(H,25,27)/t19-,22+/m0/s1. The first kappa shape index (κ1) is 22.1. The summed E-state index contributed by atoms with van der Waals surface area (Å²) in [7, 11) is 1.33. The smallest absolute Gasteiger partial charge is 0.328 e. The van der Waals surface area contributed by atoms with Gasteiger partial charge in [-0.2, -0.15) is 0 Å². The molecule has 5 nitrogen and oxygen atoms in total. The van der Waals surface area contributed by atoms with Crippen LogP contribution in [0.15, 0.2) is 59.1 Å². The summed E-state index contributed by atoms with van der Waals surface area (Å²) >= 11 is 3.53. The molecule has 0 fully saturated rings. The van der Waals surface area contributed by atoms with Crippen molar-refractivity contribution < 1.29 is 14.3 Å². The number of benzene rings is 2. The van der Waals surface area contributed by atoms with E-state index in [0.29, 0.717) is 19.4 Å². The van der Waals surface area contributed by atoms with Gasteiger partial charge in [0.1, 0.15) is 6.04 Å². The Morgan fingerprint density at radius 1 is 1.11 bits per heavy atom. The number of hydrogen-bond donors (Lipinski definition) is 2. The summed E-state index contributed by atoms with van der Waals surface area (Å²) in [4.78, 5) is 25.3. The topological polar surface area (TPSA) is 67.4 Å². The molecular formula is C22H27BrN2O3. The number of halogens is 1. The third kappa shape index (κ3) is 5.91. The first-order chi connectivity index (χ1) is 13.4. The summed E-state index contributed by atoms with van der Waals surface area (Å²) in [6.45, 7) is 4.31. The molecule has 28 heavy (non-hydrogen) atoms. The largest absolute Gasteiger partial charge is 0.467 e. The molecule has 2 rings (SSSR count). The number of nitrogens with one attached hydrogen (secondary N) is 2. The third-order valence-electron chi connectivity index (χ3n) is 4.91. The highest BCUT2D eigenvalue weighted by molar-refractivity contribution is 9.10. The van der Waals surface area contributed by atoms with Crippen molar-refractivity contribution in [1.82, 2.24) is 10.6 Å². The Balaban J connectivity index is 2.09. The van der Waals surface area contributed by atoms with E-state index in [1.54, 1.807) is 0 Å². The van der Waals surface area contributed by atoms with Crippen molar-refractivity contribution in [2.75, 3.05) is 7.11 Å². The number of carbonyl (C=O) groups excluding carboxylic acids is 2. The molecule has 2 N–H and O–H groups in total. The van der Waals surface area contributed by atoms with Crippen molar-refractivity contribution in [2.24, 2.45) is 0 Å². The molecule has 0 aromatic heterocycles. The van der Waals surface area contributed by atoms with E-state index in [4.69, 9.17) is 4.74 Å². The van der Waals surface area contributed by atoms with Crippen LogP contribution in [0.5, 0.6) is 0 Å². The first-order valence-corrected chi connectivity index (χ1v) is 10.1. The van der Waals surface area contributed by atoms with Crippen molar-refractivity contribution in [2.45, 2.75) is 44.8 Å². The van der Waals surface area contributed by atoms with Crippen LogP contribution in [0.2, 0.25) is 0 Å². The second kappa shape index (κ2) is 10.4. The van der Waals surface area contributed by atoms with Crippen molar-refractivity contribution in [1.29, 1.82) is 0 Å². The maximum atomic E-state index is 13.0. The quantitative estimate of drug-likeness (QED) is 0.577. The minimum absolute atomic E-state index is 0.228. The summed E-state index contributed by atoms with van der Waals surface area (Å²) in [5, 5.41) is 6.21. The fourth-order valence-electron chi connectivity index (χ4n) is 2.80. The number of rotatable bonds is 9. The van der Waals surface area contributed by atoms with Crippen LogP contribution in [0.4, 0.5) is 0 Å². The Morgan fingerprint density at radius 3 is 2.36 bits per heavy atom. The highest BCUT2D eigenvalue weighted by atomic mass is 79.9. The average Bonchev–Trinajstić information content (AvgIpc) is 2.72. The number of carbonyl (C=O) groups is 2. The van der Waals surface area contributed by atoms with Gasteiger partial charge in [-0.1, -0.05) is 71.4 Å². The molecule has 2 aromatic rings. The van der Waals surface area contributed by atoms with Gasteiger partial charge in [-0.05, 0) is 30.5 Å². The summed E-state index contributed by atoms with van der Waals surface area (Å²) < 4.78 is 5.88. The first-order valence-electron chi connectivity index (χ1n) is 9.30. The third-order valence-corrected chi connectivity index (χ3v) is 5.68. The van der Waals surface area contributed by atoms with Crippen LogP contribution in [0.3, 0.4) is 0 Å². The predicted octanol–water partition coefficient (Wildman–Crippen LogP) is 3.61. The molecule has 0 saturated carbocycles. The van der Waals surface area contributed by atoms with E-state index in [1.165, 1.54) is 7.11 Å². The molecule has 2 atom stereocenters. The van der Waals surface area contributed by atoms with E-state index in [1.807, 2.05) is 68.4 Å². The van der Waals surface area contributed by atoms with E-state index in [9.17, 15) is 9.59 Å². The number of methoxy groups -OCH3 is 1. The lowest BCUT2D eigenvalue weighted by Crippen LogP contribution is -2.58. The van der Waals surface area contributed by atoms with Gasteiger partial charge in [0.25, 0.3) is 0 Å². The zero-order chi connectivity index (χ0) is 20.6. The van der Waals surface area contributed by atoms with Crippen molar-refractivity contribution in [3.05, 3.63) is 70.2 Å². The average molecular weight is 447 g/mol. The zero-order valence-electron chi connectivity index (χ0n) is 16.5. The molecule has 0 aliphatic rings. The van der Waals surface area contributed by atoms with E-state index < -0.39 is 17.6 Å². The van der Waals surface area contributed by atoms with E-state index in [2.05, 4.69) is 26.6 Å². The van der Waals surface area contributed by atoms with Crippen LogP contribution in [0.1, 0.15) is 31.4 Å². The molecule has 0 aliphatic carbocycles. The van der Waals surface area contributed by atoms with Crippen molar-refractivity contribution in [3.8, 4) is 0 Å². The van der Waals surface area contributed by atoms with Gasteiger partial charge in [0.2, 0.25) is 5.91 Å². The second-order valence-corrected chi connectivity index (χ2v) is 7.72. The van der Waals surface area contributed by atoms with Gasteiger partial charge >= 0.3 is 5.97 Å². The Morgan fingerprint density at radius 2 is 1.75 bits per heavy atom. The molecular weight excluding hydrogens is 420 g/mol. The molecule has 0 radical (unpaired) electrons. The van der Waals surface area contributed by atoms with Gasteiger partial charge < -0.3 is 10.1 Å². The molecule has 0 bridgehead atoms. The summed E-state index contributed by atoms with van der Waals surface area (Å²) in [5.74, 6) is -0.685. The van der Waals surface area contributed by atoms with Gasteiger partial charge in [0.15, 0.2) is 0 Å². The summed E-state index contributed by atoms with van der Waals surface area (Å²) in [6, 6.07) is 16.7. The van der Waals surface area contributed by atoms with Crippen LogP contribution in [0.25, 0.3) is 0 Å². The molecule has 150 valence electrons. The highest BCUT2D eigenvalue weighted by Gasteiger charge is 2.34. The maximum Gasteiger partial charge on any atom is 0.328 e. The molecule has 2 aromatic carbocycles. The van der Waals surface area contributed by atoms with Crippen LogP contribution >= 0.6 is 15.9 Å². The van der Waals surface area contributed by atoms with E-state index >= 15 is 0 Å². The number of ether oxygens (including phenoxy) is 1. The predicted molar refractivity (Wildman–Crippen MR) is 114 cm³/mol. The van der Waals surface area contributed by atoms with Crippen LogP contribution < -0.4 is 10.6 Å². The zero-order valence-corrected chi connectivity index (χ0v) is 18.1. The van der Waals surface area contributed by atoms with Crippen molar-refractivity contribution >= 4 is 27.8 Å². The molecule has 0 unspecified atom stereocenters. The van der Waals surface area contributed by atoms with Gasteiger partial charge in [-0.3, -0.25) is 10.1 Å². The Bertz CT molecular complexity index is 797. The normalized spacial score (nSPS) is 14.0. The Kier molecular flexibility index (Phi) is 8.20. The lowest BCUT2D eigenvalue weighted by atomic mass is 9.95. The van der Waals surface area contributed by atoms with Gasteiger partial charge in [-0.15, -0.1) is 0 Å². The maximum absolute atomic E-state index is 13.0. The minimum atomic E-state index is -0.821. The van der Waals surface area contributed by atoms with Crippen LogP contribution in [-0.2, 0) is 27.3 Å². The fourth-order valence-corrected chi connectivity index (χ4v) is 3.23. The molecule has 0 aliphatic heterocycles. The van der Waals surface area contributed by atoms with Crippen molar-refractivity contribution in [3.63, 3.8) is 0 Å². The van der Waals surface area contributed by atoms with Gasteiger partial charge in [-0.25, -0.2) is 4.79 Å². The molecule has 1 amide bonds. The fraction of sp³-hybridized carbons (Fsp3) is 0.364. The lowest BCUT2D eigenvalue weighted by Gasteiger charge is -2.30. The Hall–Kier alpha value is -2.18. The van der Waals surface area contributed by atoms with Crippen LogP contribution in [-0.4, -0.2) is 30.6 Å². The SMILES string of the molecule is CC[C@@](C)(NCc1ccccc1Br)C(=O)N[C@@H](Cc1ccccc1)C(=O)OC. The molecule has 6 heteroatoms. The minimum Gasteiger partial charge on any atom is -0.467 e. The monoisotopic (exact) mass is 446 g/mol. The van der Waals surface area contributed by atoms with Gasteiger partial charge in [0.05, 0.1) is 12.6 Å². The molecule has 0 heterocycles. The van der Waals surface area contributed by atoms with Crippen LogP contribution in [0, 0.1) is 0 Å². The lowest BCUT2D eigenvalue weighted by molar-refractivity contribution is -0.145. The van der Waals surface area contributed by atoms with Gasteiger partial charge in [0, 0.05) is 17.4 Å².